The number of carbonyl (C=O) groups excluding carboxylic acids is 1. The molecule has 3 atom stereocenters. The first kappa shape index (κ1) is 24.4. The molecule has 0 spiro atoms. The van der Waals surface area contributed by atoms with Crippen LogP contribution >= 0.6 is 11.6 Å². The van der Waals surface area contributed by atoms with E-state index >= 15 is 0 Å². The summed E-state index contributed by atoms with van der Waals surface area (Å²) < 4.78 is 46.3. The summed E-state index contributed by atoms with van der Waals surface area (Å²) in [6.45, 7) is -0.161. The Morgan fingerprint density at radius 2 is 1.97 bits per heavy atom. The quantitative estimate of drug-likeness (QED) is 0.458. The molecular weight excluding hydrogens is 461 g/mol. The number of hydrogen-bond donors (Lipinski definition) is 4. The van der Waals surface area contributed by atoms with Gasteiger partial charge in [-0.3, -0.25) is 0 Å². The van der Waals surface area contributed by atoms with E-state index < -0.39 is 34.0 Å². The molecule has 1 fully saturated rings. The van der Waals surface area contributed by atoms with Crippen molar-refractivity contribution < 1.29 is 27.4 Å². The zero-order valence-electron chi connectivity index (χ0n) is 17.1. The molecule has 0 bridgehead atoms. The highest BCUT2D eigenvalue weighted by Crippen LogP contribution is 2.22. The third-order valence-electron chi connectivity index (χ3n) is 5.06. The summed E-state index contributed by atoms with van der Waals surface area (Å²) in [7, 11) is -3.69. The summed E-state index contributed by atoms with van der Waals surface area (Å²) in [5.74, 6) is -0.467. The van der Waals surface area contributed by atoms with Crippen LogP contribution in [0.4, 0.5) is 14.9 Å². The van der Waals surface area contributed by atoms with Crippen LogP contribution < -0.4 is 15.4 Å². The Labute approximate surface area is 191 Å². The molecule has 2 amide bonds. The molecular formula is C21H25ClFN3O5S. The van der Waals surface area contributed by atoms with Crippen molar-refractivity contribution in [2.45, 2.75) is 42.4 Å². The van der Waals surface area contributed by atoms with Crippen LogP contribution in [0.1, 0.15) is 19.3 Å². The minimum Gasteiger partial charge on any atom is -0.394 e. The van der Waals surface area contributed by atoms with Gasteiger partial charge in [0.15, 0.2) is 0 Å². The van der Waals surface area contributed by atoms with Gasteiger partial charge in [0.05, 0.1) is 23.6 Å². The smallest absolute Gasteiger partial charge is 0.319 e. The van der Waals surface area contributed by atoms with Crippen LogP contribution in [-0.4, -0.2) is 51.0 Å². The average molecular weight is 486 g/mol. The van der Waals surface area contributed by atoms with Gasteiger partial charge in [-0.15, -0.1) is 0 Å². The second-order valence-electron chi connectivity index (χ2n) is 7.42. The number of halogens is 2. The van der Waals surface area contributed by atoms with E-state index in [4.69, 9.17) is 16.3 Å². The number of nitrogens with one attached hydrogen (secondary N) is 3. The standard InChI is InChI=1S/C21H25ClFN3O5S/c22-14-3-1-6-18(11-14)32(29,30)24-10-9-17-7-8-19(20(13-27)31-17)26-21(28)25-16-5-2-4-15(23)12-16/h1-6,11-12,17,19-20,24,27H,7-10,13H2,(H2,25,26,28)/t17-,19+,20-/m1/s1. The van der Waals surface area contributed by atoms with Crippen molar-refractivity contribution in [3.05, 3.63) is 59.4 Å². The van der Waals surface area contributed by atoms with Gasteiger partial charge >= 0.3 is 6.03 Å². The lowest BCUT2D eigenvalue weighted by Gasteiger charge is -2.36. The van der Waals surface area contributed by atoms with Gasteiger partial charge in [-0.2, -0.15) is 0 Å². The fourth-order valence-electron chi connectivity index (χ4n) is 3.48. The fourth-order valence-corrected chi connectivity index (χ4v) is 4.83. The van der Waals surface area contributed by atoms with Gasteiger partial charge in [0.1, 0.15) is 11.9 Å². The monoisotopic (exact) mass is 485 g/mol. The van der Waals surface area contributed by atoms with Crippen molar-refractivity contribution in [3.63, 3.8) is 0 Å². The van der Waals surface area contributed by atoms with E-state index in [1.165, 1.54) is 30.3 Å². The molecule has 1 aliphatic heterocycles. The maximum absolute atomic E-state index is 13.3. The number of aliphatic hydroxyl groups is 1. The topological polar surface area (TPSA) is 117 Å². The predicted octanol–water partition coefficient (Wildman–Crippen LogP) is 2.88. The normalized spacial score (nSPS) is 21.2. The highest BCUT2D eigenvalue weighted by molar-refractivity contribution is 7.89. The molecule has 2 aromatic rings. The Balaban J connectivity index is 1.47. The molecule has 0 aliphatic carbocycles. The number of carbonyl (C=O) groups is 1. The summed E-state index contributed by atoms with van der Waals surface area (Å²) >= 11 is 5.85. The molecule has 0 unspecified atom stereocenters. The van der Waals surface area contributed by atoms with Gasteiger partial charge in [-0.25, -0.2) is 22.3 Å². The van der Waals surface area contributed by atoms with Crippen LogP contribution in [0.2, 0.25) is 5.02 Å². The van der Waals surface area contributed by atoms with Crippen LogP contribution in [0.15, 0.2) is 53.4 Å². The number of anilines is 1. The van der Waals surface area contributed by atoms with E-state index in [1.807, 2.05) is 0 Å². The lowest BCUT2D eigenvalue weighted by molar-refractivity contribution is -0.0884. The number of benzene rings is 2. The molecule has 0 saturated carbocycles. The van der Waals surface area contributed by atoms with Crippen LogP contribution in [0, 0.1) is 5.82 Å². The second-order valence-corrected chi connectivity index (χ2v) is 9.62. The van der Waals surface area contributed by atoms with E-state index in [0.29, 0.717) is 30.0 Å². The van der Waals surface area contributed by atoms with Gasteiger partial charge in [0.25, 0.3) is 0 Å². The molecule has 174 valence electrons. The molecule has 3 rings (SSSR count). The van der Waals surface area contributed by atoms with E-state index in [2.05, 4.69) is 15.4 Å². The molecule has 1 heterocycles. The highest BCUT2D eigenvalue weighted by Gasteiger charge is 2.32. The van der Waals surface area contributed by atoms with Gasteiger partial charge in [-0.05, 0) is 55.7 Å². The van der Waals surface area contributed by atoms with E-state index in [0.717, 1.165) is 0 Å². The molecule has 8 nitrogen and oxygen atoms in total. The van der Waals surface area contributed by atoms with Gasteiger partial charge in [0.2, 0.25) is 10.0 Å². The Kier molecular flexibility index (Phi) is 8.44. The van der Waals surface area contributed by atoms with Crippen molar-refractivity contribution in [3.8, 4) is 0 Å². The van der Waals surface area contributed by atoms with Crippen molar-refractivity contribution in [2.75, 3.05) is 18.5 Å². The predicted molar refractivity (Wildman–Crippen MR) is 119 cm³/mol. The first-order chi connectivity index (χ1) is 15.3. The lowest BCUT2D eigenvalue weighted by Crippen LogP contribution is -2.52. The number of aliphatic hydroxyl groups excluding tert-OH is 1. The average Bonchev–Trinajstić information content (AvgIpc) is 2.74. The number of rotatable bonds is 8. The zero-order chi connectivity index (χ0) is 23.1. The third kappa shape index (κ3) is 6.88. The van der Waals surface area contributed by atoms with Crippen molar-refractivity contribution >= 4 is 33.3 Å². The summed E-state index contributed by atoms with van der Waals surface area (Å²) in [6, 6.07) is 10.5. The lowest BCUT2D eigenvalue weighted by atomic mass is 9.97. The summed E-state index contributed by atoms with van der Waals surface area (Å²) in [4.78, 5) is 12.3. The number of amides is 2. The summed E-state index contributed by atoms with van der Waals surface area (Å²) in [6.07, 6.45) is 0.585. The number of ether oxygens (including phenoxy) is 1. The first-order valence-corrected chi connectivity index (χ1v) is 12.0. The Bertz CT molecular complexity index is 1040. The maximum Gasteiger partial charge on any atom is 0.319 e. The molecule has 2 aromatic carbocycles. The van der Waals surface area contributed by atoms with Gasteiger partial charge in [0, 0.05) is 17.3 Å². The van der Waals surface area contributed by atoms with Crippen molar-refractivity contribution in [1.29, 1.82) is 0 Å². The van der Waals surface area contributed by atoms with Gasteiger partial charge in [-0.1, -0.05) is 23.7 Å². The molecule has 1 saturated heterocycles. The third-order valence-corrected chi connectivity index (χ3v) is 6.75. The Morgan fingerprint density at radius 3 is 2.69 bits per heavy atom. The maximum atomic E-state index is 13.3. The Hall–Kier alpha value is -2.24. The minimum absolute atomic E-state index is 0.0800. The zero-order valence-corrected chi connectivity index (χ0v) is 18.7. The molecule has 11 heteroatoms. The van der Waals surface area contributed by atoms with Crippen LogP contribution in [0.5, 0.6) is 0 Å². The van der Waals surface area contributed by atoms with E-state index in [-0.39, 0.29) is 24.2 Å². The number of urea groups is 1. The van der Waals surface area contributed by atoms with Crippen LogP contribution in [-0.2, 0) is 14.8 Å². The molecule has 1 aliphatic rings. The minimum atomic E-state index is -3.69. The number of hydrogen-bond acceptors (Lipinski definition) is 5. The SMILES string of the molecule is O=C(Nc1cccc(F)c1)N[C@H]1CC[C@H](CCNS(=O)(=O)c2cccc(Cl)c2)O[C@@H]1CO. The molecule has 32 heavy (non-hydrogen) atoms. The van der Waals surface area contributed by atoms with Crippen molar-refractivity contribution in [2.24, 2.45) is 0 Å². The molecule has 0 radical (unpaired) electrons. The van der Waals surface area contributed by atoms with Crippen LogP contribution in [0.25, 0.3) is 0 Å². The first-order valence-electron chi connectivity index (χ1n) is 10.1. The van der Waals surface area contributed by atoms with E-state index in [9.17, 15) is 22.7 Å². The van der Waals surface area contributed by atoms with Crippen molar-refractivity contribution in [1.82, 2.24) is 10.0 Å². The summed E-state index contributed by atoms with van der Waals surface area (Å²) in [5.41, 5.74) is 0.310. The molecule has 0 aromatic heterocycles. The van der Waals surface area contributed by atoms with Gasteiger partial charge < -0.3 is 20.5 Å². The van der Waals surface area contributed by atoms with E-state index in [1.54, 1.807) is 18.2 Å². The summed E-state index contributed by atoms with van der Waals surface area (Å²) in [5, 5.41) is 15.3. The number of sulfonamides is 1. The second kappa shape index (κ2) is 11.1. The fraction of sp³-hybridized carbons (Fsp3) is 0.381. The van der Waals surface area contributed by atoms with Crippen LogP contribution in [0.3, 0.4) is 0 Å². The highest BCUT2D eigenvalue weighted by atomic mass is 35.5. The largest absolute Gasteiger partial charge is 0.394 e. The Morgan fingerprint density at radius 1 is 1.19 bits per heavy atom. The molecule has 4 N–H and O–H groups in total.